The molecule has 1 amide bonds. The lowest BCUT2D eigenvalue weighted by molar-refractivity contribution is -0.129. The Morgan fingerprint density at radius 2 is 1.82 bits per heavy atom. The summed E-state index contributed by atoms with van der Waals surface area (Å²) >= 11 is 0. The smallest absolute Gasteiger partial charge is 0.226 e. The molecule has 1 aliphatic carbocycles. The zero-order chi connectivity index (χ0) is 12.1. The summed E-state index contributed by atoms with van der Waals surface area (Å²) in [7, 11) is -3.05. The molecular weight excluding hydrogens is 240 g/mol. The predicted molar refractivity (Wildman–Crippen MR) is 62.8 cm³/mol. The Balaban J connectivity index is 1.70. The second-order valence-corrected chi connectivity index (χ2v) is 7.64. The maximum atomic E-state index is 12.1. The number of amides is 1. The number of carbonyl (C=O) groups excluding carboxylic acids is 1. The average molecular weight is 258 g/mol. The standard InChI is InChI=1S/C11H18N2O3S/c14-10-11(3-6-12-10)4-7-13(8-5-11)17(15,16)9-1-2-9/h9H,1-8H2,(H,12,14). The van der Waals surface area contributed by atoms with Crippen LogP contribution in [0.1, 0.15) is 32.1 Å². The largest absolute Gasteiger partial charge is 0.356 e. The molecule has 0 bridgehead atoms. The maximum Gasteiger partial charge on any atom is 0.226 e. The summed E-state index contributed by atoms with van der Waals surface area (Å²) in [6.45, 7) is 1.78. The summed E-state index contributed by atoms with van der Waals surface area (Å²) in [5.41, 5.74) is -0.268. The lowest BCUT2D eigenvalue weighted by Crippen LogP contribution is -2.46. The van der Waals surface area contributed by atoms with E-state index in [1.807, 2.05) is 0 Å². The van der Waals surface area contributed by atoms with Crippen LogP contribution >= 0.6 is 0 Å². The van der Waals surface area contributed by atoms with Crippen LogP contribution in [0.25, 0.3) is 0 Å². The molecule has 1 N–H and O–H groups in total. The number of sulfonamides is 1. The Kier molecular flexibility index (Phi) is 2.49. The third-order valence-electron chi connectivity index (χ3n) is 4.36. The van der Waals surface area contributed by atoms with E-state index < -0.39 is 10.0 Å². The highest BCUT2D eigenvalue weighted by molar-refractivity contribution is 7.90. The van der Waals surface area contributed by atoms with Crippen LogP contribution in [0.3, 0.4) is 0 Å². The Bertz CT molecular complexity index is 434. The van der Waals surface area contributed by atoms with Crippen LogP contribution in [0.2, 0.25) is 0 Å². The van der Waals surface area contributed by atoms with E-state index >= 15 is 0 Å². The van der Waals surface area contributed by atoms with Gasteiger partial charge in [0.2, 0.25) is 15.9 Å². The quantitative estimate of drug-likeness (QED) is 0.763. The maximum absolute atomic E-state index is 12.1. The van der Waals surface area contributed by atoms with E-state index in [0.717, 1.165) is 25.8 Å². The summed E-state index contributed by atoms with van der Waals surface area (Å²) in [4.78, 5) is 11.8. The van der Waals surface area contributed by atoms with Crippen molar-refractivity contribution in [2.75, 3.05) is 19.6 Å². The molecule has 0 aromatic rings. The Hall–Kier alpha value is -0.620. The molecule has 0 unspecified atom stereocenters. The molecule has 0 atom stereocenters. The van der Waals surface area contributed by atoms with Crippen molar-refractivity contribution < 1.29 is 13.2 Å². The first-order chi connectivity index (χ1) is 8.05. The Morgan fingerprint density at radius 3 is 2.29 bits per heavy atom. The Morgan fingerprint density at radius 1 is 1.18 bits per heavy atom. The molecule has 17 heavy (non-hydrogen) atoms. The van der Waals surface area contributed by atoms with E-state index in [-0.39, 0.29) is 16.6 Å². The van der Waals surface area contributed by atoms with E-state index in [1.54, 1.807) is 4.31 Å². The van der Waals surface area contributed by atoms with Crippen molar-refractivity contribution >= 4 is 15.9 Å². The zero-order valence-corrected chi connectivity index (χ0v) is 10.6. The van der Waals surface area contributed by atoms with Gasteiger partial charge < -0.3 is 5.32 Å². The molecule has 0 radical (unpaired) electrons. The minimum Gasteiger partial charge on any atom is -0.356 e. The van der Waals surface area contributed by atoms with Crippen molar-refractivity contribution in [3.05, 3.63) is 0 Å². The van der Waals surface area contributed by atoms with E-state index in [1.165, 1.54) is 0 Å². The minimum atomic E-state index is -3.05. The first kappa shape index (κ1) is 11.5. The summed E-state index contributed by atoms with van der Waals surface area (Å²) in [5.74, 6) is 0.126. The molecule has 2 saturated heterocycles. The fourth-order valence-corrected chi connectivity index (χ4v) is 4.78. The highest BCUT2D eigenvalue weighted by Gasteiger charge is 2.48. The van der Waals surface area contributed by atoms with Crippen molar-refractivity contribution in [2.24, 2.45) is 5.41 Å². The molecule has 3 fully saturated rings. The number of piperidine rings is 1. The zero-order valence-electron chi connectivity index (χ0n) is 9.81. The van der Waals surface area contributed by atoms with Crippen LogP contribution in [0, 0.1) is 5.41 Å². The predicted octanol–water partition coefficient (Wildman–Crippen LogP) is 0.0807. The van der Waals surface area contributed by atoms with Crippen molar-refractivity contribution in [3.63, 3.8) is 0 Å². The summed E-state index contributed by atoms with van der Waals surface area (Å²) in [6, 6.07) is 0. The van der Waals surface area contributed by atoms with Gasteiger partial charge in [-0.1, -0.05) is 0 Å². The number of nitrogens with one attached hydrogen (secondary N) is 1. The van der Waals surface area contributed by atoms with Gasteiger partial charge in [-0.2, -0.15) is 0 Å². The molecule has 6 heteroatoms. The highest BCUT2D eigenvalue weighted by Crippen LogP contribution is 2.40. The molecule has 96 valence electrons. The lowest BCUT2D eigenvalue weighted by Gasteiger charge is -2.36. The number of nitrogens with zero attached hydrogens (tertiary/aromatic N) is 1. The summed E-state index contributed by atoms with van der Waals surface area (Å²) < 4.78 is 25.7. The SMILES string of the molecule is O=C1NCCC12CCN(S(=O)(=O)C1CC1)CC2. The fourth-order valence-electron chi connectivity index (χ4n) is 2.94. The second kappa shape index (κ2) is 3.68. The van der Waals surface area contributed by atoms with Gasteiger partial charge in [-0.25, -0.2) is 12.7 Å². The van der Waals surface area contributed by atoms with Gasteiger partial charge in [0, 0.05) is 19.6 Å². The van der Waals surface area contributed by atoms with Crippen LogP contribution in [0.15, 0.2) is 0 Å². The monoisotopic (exact) mass is 258 g/mol. The molecule has 1 spiro atoms. The summed E-state index contributed by atoms with van der Waals surface area (Å²) in [6.07, 6.45) is 3.85. The van der Waals surface area contributed by atoms with E-state index in [4.69, 9.17) is 0 Å². The molecule has 2 aliphatic heterocycles. The van der Waals surface area contributed by atoms with Crippen LogP contribution in [-0.4, -0.2) is 43.5 Å². The molecule has 5 nitrogen and oxygen atoms in total. The molecule has 0 aromatic heterocycles. The van der Waals surface area contributed by atoms with Crippen LogP contribution in [-0.2, 0) is 14.8 Å². The highest BCUT2D eigenvalue weighted by atomic mass is 32.2. The number of carbonyl (C=O) groups is 1. The van der Waals surface area contributed by atoms with Crippen molar-refractivity contribution in [1.29, 1.82) is 0 Å². The van der Waals surface area contributed by atoms with E-state index in [9.17, 15) is 13.2 Å². The van der Waals surface area contributed by atoms with Crippen molar-refractivity contribution in [1.82, 2.24) is 9.62 Å². The minimum absolute atomic E-state index is 0.126. The van der Waals surface area contributed by atoms with Gasteiger partial charge >= 0.3 is 0 Å². The molecular formula is C11H18N2O3S. The van der Waals surface area contributed by atoms with Gasteiger partial charge in [0.1, 0.15) is 0 Å². The van der Waals surface area contributed by atoms with Gasteiger partial charge in [0.25, 0.3) is 0 Å². The van der Waals surface area contributed by atoms with Gasteiger partial charge in [0.05, 0.1) is 10.7 Å². The average Bonchev–Trinajstić information content (AvgIpc) is 3.09. The van der Waals surface area contributed by atoms with Crippen LogP contribution in [0.5, 0.6) is 0 Å². The lowest BCUT2D eigenvalue weighted by atomic mass is 9.78. The van der Waals surface area contributed by atoms with Crippen LogP contribution in [0.4, 0.5) is 0 Å². The molecule has 2 heterocycles. The third kappa shape index (κ3) is 1.78. The number of hydrogen-bond donors (Lipinski definition) is 1. The van der Waals surface area contributed by atoms with Crippen molar-refractivity contribution in [2.45, 2.75) is 37.4 Å². The van der Waals surface area contributed by atoms with Gasteiger partial charge in [-0.3, -0.25) is 4.79 Å². The van der Waals surface area contributed by atoms with Crippen LogP contribution < -0.4 is 5.32 Å². The summed E-state index contributed by atoms with van der Waals surface area (Å²) in [5, 5.41) is 2.73. The van der Waals surface area contributed by atoms with Gasteiger partial charge in [0.15, 0.2) is 0 Å². The third-order valence-corrected chi connectivity index (χ3v) is 6.75. The molecule has 1 saturated carbocycles. The first-order valence-corrected chi connectivity index (χ1v) is 7.82. The van der Waals surface area contributed by atoms with Crippen molar-refractivity contribution in [3.8, 4) is 0 Å². The first-order valence-electron chi connectivity index (χ1n) is 6.32. The van der Waals surface area contributed by atoms with Gasteiger partial charge in [-0.05, 0) is 32.1 Å². The van der Waals surface area contributed by atoms with Gasteiger partial charge in [-0.15, -0.1) is 0 Å². The number of rotatable bonds is 2. The molecule has 0 aromatic carbocycles. The fraction of sp³-hybridized carbons (Fsp3) is 0.909. The van der Waals surface area contributed by atoms with E-state index in [0.29, 0.717) is 25.9 Å². The topological polar surface area (TPSA) is 66.5 Å². The number of hydrogen-bond acceptors (Lipinski definition) is 3. The molecule has 3 aliphatic rings. The van der Waals surface area contributed by atoms with E-state index in [2.05, 4.69) is 5.32 Å². The second-order valence-electron chi connectivity index (χ2n) is 5.43. The normalized spacial score (nSPS) is 29.5. The molecule has 3 rings (SSSR count). The Labute approximate surface area is 102 Å².